The summed E-state index contributed by atoms with van der Waals surface area (Å²) in [4.78, 5) is 22.7. The zero-order valence-corrected chi connectivity index (χ0v) is 14.4. The van der Waals surface area contributed by atoms with E-state index in [0.717, 1.165) is 36.6 Å². The first-order valence-corrected chi connectivity index (χ1v) is 8.53. The first kappa shape index (κ1) is 17.2. The molecule has 3 rings (SSSR count). The Kier molecular flexibility index (Phi) is 5.45. The van der Waals surface area contributed by atoms with Gasteiger partial charge in [-0.1, -0.05) is 30.3 Å². The van der Waals surface area contributed by atoms with Crippen LogP contribution in [0.25, 0.3) is 0 Å². The summed E-state index contributed by atoms with van der Waals surface area (Å²) in [6, 6.07) is 11.3. The van der Waals surface area contributed by atoms with Crippen molar-refractivity contribution in [1.82, 2.24) is 15.3 Å². The molecule has 1 fully saturated rings. The van der Waals surface area contributed by atoms with Crippen molar-refractivity contribution in [2.24, 2.45) is 5.73 Å². The van der Waals surface area contributed by atoms with Crippen molar-refractivity contribution in [3.63, 3.8) is 0 Å². The molecule has 1 saturated heterocycles. The number of carbonyl (C=O) groups is 1. The van der Waals surface area contributed by atoms with Crippen LogP contribution in [0, 0.1) is 0 Å². The van der Waals surface area contributed by atoms with E-state index >= 15 is 0 Å². The standard InChI is InChI=1S/C18H24N6O/c1-20-15-10-16(23-12-22-15)24-9-5-8-14(24)11-21-17(18(19)25)13-6-3-2-4-7-13/h2-4,6-7,10,12,14,17,21H,5,8-9,11H2,1H3,(H2,19,25)(H,20,22,23)/t14-,17-/m0/s1. The predicted octanol–water partition coefficient (Wildman–Crippen LogP) is 1.30. The van der Waals surface area contributed by atoms with E-state index < -0.39 is 6.04 Å². The van der Waals surface area contributed by atoms with Crippen molar-refractivity contribution in [2.45, 2.75) is 24.9 Å². The second-order valence-electron chi connectivity index (χ2n) is 6.16. The third-order valence-corrected chi connectivity index (χ3v) is 4.56. The van der Waals surface area contributed by atoms with Crippen molar-refractivity contribution >= 4 is 17.5 Å². The molecular weight excluding hydrogens is 316 g/mol. The Morgan fingerprint density at radius 1 is 1.36 bits per heavy atom. The highest BCUT2D eigenvalue weighted by atomic mass is 16.1. The molecule has 2 heterocycles. The fraction of sp³-hybridized carbons (Fsp3) is 0.389. The summed E-state index contributed by atoms with van der Waals surface area (Å²) in [6.07, 6.45) is 3.71. The maximum absolute atomic E-state index is 11.9. The van der Waals surface area contributed by atoms with Gasteiger partial charge in [0, 0.05) is 32.2 Å². The van der Waals surface area contributed by atoms with Gasteiger partial charge in [0.25, 0.3) is 0 Å². The van der Waals surface area contributed by atoms with Crippen molar-refractivity contribution < 1.29 is 4.79 Å². The average molecular weight is 340 g/mol. The van der Waals surface area contributed by atoms with E-state index in [1.54, 1.807) is 6.33 Å². The molecule has 1 aliphatic rings. The van der Waals surface area contributed by atoms with Gasteiger partial charge in [-0.3, -0.25) is 4.79 Å². The highest BCUT2D eigenvalue weighted by Gasteiger charge is 2.27. The minimum Gasteiger partial charge on any atom is -0.373 e. The third kappa shape index (κ3) is 4.06. The fourth-order valence-electron chi connectivity index (χ4n) is 3.27. The van der Waals surface area contributed by atoms with Gasteiger partial charge < -0.3 is 21.3 Å². The van der Waals surface area contributed by atoms with E-state index in [9.17, 15) is 4.79 Å². The molecule has 0 spiro atoms. The van der Waals surface area contributed by atoms with Crippen LogP contribution < -0.4 is 21.3 Å². The second kappa shape index (κ2) is 7.94. The molecule has 0 aliphatic carbocycles. The largest absolute Gasteiger partial charge is 0.373 e. The summed E-state index contributed by atoms with van der Waals surface area (Å²) in [5.41, 5.74) is 6.48. The summed E-state index contributed by atoms with van der Waals surface area (Å²) in [5, 5.41) is 6.37. The van der Waals surface area contributed by atoms with Gasteiger partial charge in [0.2, 0.25) is 5.91 Å². The Labute approximate surface area is 147 Å². The number of rotatable bonds is 7. The van der Waals surface area contributed by atoms with Gasteiger partial charge in [-0.25, -0.2) is 9.97 Å². The van der Waals surface area contributed by atoms with Gasteiger partial charge in [0.15, 0.2) is 0 Å². The van der Waals surface area contributed by atoms with E-state index in [0.29, 0.717) is 6.54 Å². The maximum Gasteiger partial charge on any atom is 0.239 e. The highest BCUT2D eigenvalue weighted by Crippen LogP contribution is 2.25. The molecule has 1 amide bonds. The van der Waals surface area contributed by atoms with Gasteiger partial charge in [-0.05, 0) is 18.4 Å². The molecule has 7 nitrogen and oxygen atoms in total. The molecule has 2 atom stereocenters. The average Bonchev–Trinajstić information content (AvgIpc) is 3.11. The molecule has 2 aromatic rings. The molecule has 7 heteroatoms. The van der Waals surface area contributed by atoms with Crippen molar-refractivity contribution in [3.05, 3.63) is 48.3 Å². The van der Waals surface area contributed by atoms with Crippen LogP contribution in [0.5, 0.6) is 0 Å². The smallest absolute Gasteiger partial charge is 0.239 e. The van der Waals surface area contributed by atoms with Gasteiger partial charge in [0.05, 0.1) is 0 Å². The molecule has 1 aromatic carbocycles. The minimum absolute atomic E-state index is 0.269. The number of primary amides is 1. The lowest BCUT2D eigenvalue weighted by Gasteiger charge is -2.27. The summed E-state index contributed by atoms with van der Waals surface area (Å²) >= 11 is 0. The Hall–Kier alpha value is -2.67. The predicted molar refractivity (Wildman–Crippen MR) is 98.3 cm³/mol. The number of nitrogens with one attached hydrogen (secondary N) is 2. The topological polar surface area (TPSA) is 96.2 Å². The SMILES string of the molecule is CNc1cc(N2CCC[C@H]2CN[C@H](C(N)=O)c2ccccc2)ncn1. The zero-order chi connectivity index (χ0) is 17.6. The monoisotopic (exact) mass is 340 g/mol. The zero-order valence-electron chi connectivity index (χ0n) is 14.4. The number of nitrogens with zero attached hydrogens (tertiary/aromatic N) is 3. The molecule has 0 saturated carbocycles. The van der Waals surface area contributed by atoms with E-state index in [2.05, 4.69) is 25.5 Å². The number of amides is 1. The summed E-state index contributed by atoms with van der Waals surface area (Å²) in [7, 11) is 1.84. The van der Waals surface area contributed by atoms with Crippen molar-refractivity contribution in [2.75, 3.05) is 30.4 Å². The van der Waals surface area contributed by atoms with Crippen molar-refractivity contribution in [1.29, 1.82) is 0 Å². The molecule has 0 unspecified atom stereocenters. The number of nitrogens with two attached hydrogens (primary N) is 1. The van der Waals surface area contributed by atoms with Crippen LogP contribution in [0.4, 0.5) is 11.6 Å². The van der Waals surface area contributed by atoms with Crippen LogP contribution in [0.3, 0.4) is 0 Å². The molecule has 132 valence electrons. The normalized spacial score (nSPS) is 18.1. The van der Waals surface area contributed by atoms with Crippen LogP contribution in [-0.4, -0.2) is 42.1 Å². The Balaban J connectivity index is 1.69. The van der Waals surface area contributed by atoms with E-state index in [1.165, 1.54) is 0 Å². The van der Waals surface area contributed by atoms with Gasteiger partial charge >= 0.3 is 0 Å². The van der Waals surface area contributed by atoms with Crippen LogP contribution in [-0.2, 0) is 4.79 Å². The number of anilines is 2. The number of hydrogen-bond acceptors (Lipinski definition) is 6. The van der Waals surface area contributed by atoms with Crippen LogP contribution >= 0.6 is 0 Å². The highest BCUT2D eigenvalue weighted by molar-refractivity contribution is 5.81. The maximum atomic E-state index is 11.9. The second-order valence-corrected chi connectivity index (χ2v) is 6.16. The van der Waals surface area contributed by atoms with Crippen LogP contribution in [0.1, 0.15) is 24.4 Å². The van der Waals surface area contributed by atoms with E-state index in [-0.39, 0.29) is 11.9 Å². The lowest BCUT2D eigenvalue weighted by Crippen LogP contribution is -2.43. The van der Waals surface area contributed by atoms with Gasteiger partial charge in [-0.2, -0.15) is 0 Å². The van der Waals surface area contributed by atoms with Gasteiger partial charge in [0.1, 0.15) is 24.0 Å². The summed E-state index contributed by atoms with van der Waals surface area (Å²) in [5.74, 6) is 1.33. The molecular formula is C18H24N6O. The molecule has 0 bridgehead atoms. The Bertz CT molecular complexity index is 708. The first-order valence-electron chi connectivity index (χ1n) is 8.53. The lowest BCUT2D eigenvalue weighted by molar-refractivity contribution is -0.120. The third-order valence-electron chi connectivity index (χ3n) is 4.56. The van der Waals surface area contributed by atoms with Crippen LogP contribution in [0.15, 0.2) is 42.7 Å². The first-order chi connectivity index (χ1) is 12.2. The molecule has 1 aliphatic heterocycles. The quantitative estimate of drug-likeness (QED) is 0.703. The summed E-state index contributed by atoms with van der Waals surface area (Å²) < 4.78 is 0. The van der Waals surface area contributed by atoms with Gasteiger partial charge in [-0.15, -0.1) is 0 Å². The number of benzene rings is 1. The minimum atomic E-state index is -0.484. The molecule has 4 N–H and O–H groups in total. The fourth-order valence-corrected chi connectivity index (χ4v) is 3.27. The Morgan fingerprint density at radius 3 is 2.88 bits per heavy atom. The number of carbonyl (C=O) groups excluding carboxylic acids is 1. The van der Waals surface area contributed by atoms with Crippen molar-refractivity contribution in [3.8, 4) is 0 Å². The molecule has 25 heavy (non-hydrogen) atoms. The molecule has 1 aromatic heterocycles. The van der Waals surface area contributed by atoms with E-state index in [1.807, 2.05) is 43.4 Å². The number of aromatic nitrogens is 2. The lowest BCUT2D eigenvalue weighted by atomic mass is 10.1. The van der Waals surface area contributed by atoms with Crippen LogP contribution in [0.2, 0.25) is 0 Å². The molecule has 0 radical (unpaired) electrons. The summed E-state index contributed by atoms with van der Waals surface area (Å²) in [6.45, 7) is 1.61. The Morgan fingerprint density at radius 2 is 2.16 bits per heavy atom. The van der Waals surface area contributed by atoms with E-state index in [4.69, 9.17) is 5.73 Å². The number of hydrogen-bond donors (Lipinski definition) is 3.